The molecule has 0 unspecified atom stereocenters. The Morgan fingerprint density at radius 2 is 2.29 bits per heavy atom. The predicted octanol–water partition coefficient (Wildman–Crippen LogP) is 1.48. The molecule has 0 saturated heterocycles. The second kappa shape index (κ2) is 2.82. The van der Waals surface area contributed by atoms with Crippen LogP contribution in [0.2, 0.25) is 0 Å². The van der Waals surface area contributed by atoms with Gasteiger partial charge in [0.05, 0.1) is 5.69 Å². The number of carbonyl (C=O) groups excluding carboxylic acids is 1. The number of hydrogen-bond acceptors (Lipinski definition) is 3. The molecule has 2 heterocycles. The van der Waals surface area contributed by atoms with E-state index < -0.39 is 0 Å². The van der Waals surface area contributed by atoms with Crippen LogP contribution in [0.3, 0.4) is 0 Å². The lowest BCUT2D eigenvalue weighted by molar-refractivity contribution is -0.123. The summed E-state index contributed by atoms with van der Waals surface area (Å²) in [5.41, 5.74) is 1.05. The molecule has 0 amide bonds. The minimum atomic E-state index is 0.0786. The Morgan fingerprint density at radius 3 is 3.00 bits per heavy atom. The first-order chi connectivity index (χ1) is 6.75. The number of rotatable bonds is 1. The largest absolute Gasteiger partial charge is 0.469 e. The molecule has 1 aliphatic heterocycles. The fourth-order valence-corrected chi connectivity index (χ4v) is 2.39. The summed E-state index contributed by atoms with van der Waals surface area (Å²) in [6, 6.07) is 0. The van der Waals surface area contributed by atoms with Gasteiger partial charge in [0.25, 0.3) is 0 Å². The second-order valence-electron chi connectivity index (χ2n) is 3.76. The maximum absolute atomic E-state index is 11.1. The zero-order valence-electron chi connectivity index (χ0n) is 7.49. The second-order valence-corrected chi connectivity index (χ2v) is 4.56. The summed E-state index contributed by atoms with van der Waals surface area (Å²) < 4.78 is 7.92. The first kappa shape index (κ1) is 8.47. The molecule has 0 spiro atoms. The van der Waals surface area contributed by atoms with Crippen molar-refractivity contribution in [2.24, 2.45) is 0 Å². The van der Waals surface area contributed by atoms with Gasteiger partial charge in [-0.25, -0.2) is 4.68 Å². The van der Waals surface area contributed by atoms with Crippen molar-refractivity contribution in [3.05, 3.63) is 10.2 Å². The van der Waals surface area contributed by atoms with E-state index in [4.69, 9.17) is 4.74 Å². The van der Waals surface area contributed by atoms with Gasteiger partial charge in [-0.05, 0) is 28.8 Å². The molecule has 1 aromatic heterocycles. The van der Waals surface area contributed by atoms with E-state index in [1.807, 2.05) is 0 Å². The third kappa shape index (κ3) is 1.19. The summed E-state index contributed by atoms with van der Waals surface area (Å²) in [6.45, 7) is 0.523. The Kier molecular flexibility index (Phi) is 1.71. The van der Waals surface area contributed by atoms with Gasteiger partial charge in [0, 0.05) is 5.92 Å². The highest BCUT2D eigenvalue weighted by atomic mass is 79.9. The Balaban J connectivity index is 2.05. The molecule has 1 aliphatic carbocycles. The van der Waals surface area contributed by atoms with E-state index in [0.29, 0.717) is 18.3 Å². The van der Waals surface area contributed by atoms with Gasteiger partial charge in [-0.1, -0.05) is 0 Å². The van der Waals surface area contributed by atoms with Crippen molar-refractivity contribution < 1.29 is 9.53 Å². The molecule has 4 nitrogen and oxygen atoms in total. The van der Waals surface area contributed by atoms with Crippen LogP contribution in [0, 0.1) is 0 Å². The summed E-state index contributed by atoms with van der Waals surface area (Å²) in [5.74, 6) is 1.36. The lowest BCUT2D eigenvalue weighted by Gasteiger charge is -2.13. The maximum Gasteiger partial charge on any atom is 0.227 e. The molecule has 1 aromatic rings. The summed E-state index contributed by atoms with van der Waals surface area (Å²) in [5, 5.41) is 4.39. The van der Waals surface area contributed by atoms with Crippen LogP contribution in [-0.4, -0.2) is 22.2 Å². The Bertz CT molecular complexity index is 409. The minimum Gasteiger partial charge on any atom is -0.469 e. The highest BCUT2D eigenvalue weighted by Gasteiger charge is 2.33. The lowest BCUT2D eigenvalue weighted by atomic mass is 10.3. The highest BCUT2D eigenvalue weighted by molar-refractivity contribution is 9.10. The molecule has 5 heteroatoms. The SMILES string of the molecule is O=C1COc2c(Br)c(C3CC3)nn2C1. The average Bonchev–Trinajstić information content (AvgIpc) is 2.93. The molecule has 0 N–H and O–H groups in total. The van der Waals surface area contributed by atoms with E-state index in [9.17, 15) is 4.79 Å². The van der Waals surface area contributed by atoms with Crippen LogP contribution < -0.4 is 4.74 Å². The van der Waals surface area contributed by atoms with Gasteiger partial charge in [-0.2, -0.15) is 5.10 Å². The Hall–Kier alpha value is -0.840. The number of ether oxygens (including phenoxy) is 1. The smallest absolute Gasteiger partial charge is 0.227 e. The number of hydrogen-bond donors (Lipinski definition) is 0. The van der Waals surface area contributed by atoms with Crippen molar-refractivity contribution >= 4 is 21.7 Å². The molecular weight excluding hydrogens is 248 g/mol. The van der Waals surface area contributed by atoms with Crippen LogP contribution in [0.25, 0.3) is 0 Å². The summed E-state index contributed by atoms with van der Waals surface area (Å²) >= 11 is 3.48. The van der Waals surface area contributed by atoms with Crippen LogP contribution in [0.5, 0.6) is 5.88 Å². The molecular formula is C9H9BrN2O2. The lowest BCUT2D eigenvalue weighted by Crippen LogP contribution is -2.25. The third-order valence-electron chi connectivity index (χ3n) is 2.54. The predicted molar refractivity (Wildman–Crippen MR) is 52.4 cm³/mol. The summed E-state index contributed by atoms with van der Waals surface area (Å²) in [4.78, 5) is 11.1. The molecule has 2 aliphatic rings. The van der Waals surface area contributed by atoms with Crippen molar-refractivity contribution in [2.45, 2.75) is 25.3 Å². The van der Waals surface area contributed by atoms with Gasteiger partial charge in [0.1, 0.15) is 11.0 Å². The highest BCUT2D eigenvalue weighted by Crippen LogP contribution is 2.45. The number of Topliss-reactive ketones (excluding diaryl/α,β-unsaturated/α-hetero) is 1. The summed E-state index contributed by atoms with van der Waals surface area (Å²) in [6.07, 6.45) is 2.39. The number of ketones is 1. The molecule has 0 bridgehead atoms. The van der Waals surface area contributed by atoms with Gasteiger partial charge < -0.3 is 4.74 Å². The summed E-state index contributed by atoms with van der Waals surface area (Å²) in [7, 11) is 0. The quantitative estimate of drug-likeness (QED) is 0.765. The number of carbonyl (C=O) groups is 1. The van der Waals surface area contributed by atoms with E-state index in [-0.39, 0.29) is 12.4 Å². The molecule has 1 fully saturated rings. The standard InChI is InChI=1S/C9H9BrN2O2/c10-7-8(5-1-2-5)11-12-3-6(13)4-14-9(7)12/h5H,1-4H2. The topological polar surface area (TPSA) is 44.1 Å². The number of nitrogens with zero attached hydrogens (tertiary/aromatic N) is 2. The van der Waals surface area contributed by atoms with Crippen LogP contribution in [-0.2, 0) is 11.3 Å². The van der Waals surface area contributed by atoms with Gasteiger partial charge in [-0.3, -0.25) is 4.79 Å². The van der Waals surface area contributed by atoms with Crippen molar-refractivity contribution in [2.75, 3.05) is 6.61 Å². The number of fused-ring (bicyclic) bond motifs is 1. The Morgan fingerprint density at radius 1 is 1.50 bits per heavy atom. The van der Waals surface area contributed by atoms with E-state index >= 15 is 0 Å². The van der Waals surface area contributed by atoms with Crippen LogP contribution in [0.1, 0.15) is 24.5 Å². The first-order valence-corrected chi connectivity index (χ1v) is 5.45. The van der Waals surface area contributed by atoms with Gasteiger partial charge in [0.15, 0.2) is 12.4 Å². The number of aromatic nitrogens is 2. The first-order valence-electron chi connectivity index (χ1n) is 4.66. The monoisotopic (exact) mass is 256 g/mol. The van der Waals surface area contributed by atoms with Crippen molar-refractivity contribution in [3.63, 3.8) is 0 Å². The van der Waals surface area contributed by atoms with Crippen molar-refractivity contribution in [3.8, 4) is 5.88 Å². The van der Waals surface area contributed by atoms with E-state index in [1.54, 1.807) is 4.68 Å². The molecule has 3 rings (SSSR count). The molecule has 74 valence electrons. The van der Waals surface area contributed by atoms with Crippen LogP contribution in [0.4, 0.5) is 0 Å². The minimum absolute atomic E-state index is 0.0786. The molecule has 1 saturated carbocycles. The van der Waals surface area contributed by atoms with Crippen LogP contribution >= 0.6 is 15.9 Å². The van der Waals surface area contributed by atoms with Crippen molar-refractivity contribution in [1.29, 1.82) is 0 Å². The van der Waals surface area contributed by atoms with Gasteiger partial charge in [0.2, 0.25) is 5.88 Å². The van der Waals surface area contributed by atoms with Gasteiger partial charge in [-0.15, -0.1) is 0 Å². The third-order valence-corrected chi connectivity index (χ3v) is 3.28. The van der Waals surface area contributed by atoms with Gasteiger partial charge >= 0.3 is 0 Å². The Labute approximate surface area is 89.4 Å². The van der Waals surface area contributed by atoms with E-state index in [1.165, 1.54) is 12.8 Å². The fourth-order valence-electron chi connectivity index (χ4n) is 1.67. The normalized spacial score (nSPS) is 20.5. The molecule has 0 aromatic carbocycles. The number of halogens is 1. The zero-order chi connectivity index (χ0) is 9.71. The van der Waals surface area contributed by atoms with E-state index in [0.717, 1.165) is 10.2 Å². The maximum atomic E-state index is 11.1. The zero-order valence-corrected chi connectivity index (χ0v) is 9.08. The fraction of sp³-hybridized carbons (Fsp3) is 0.556. The van der Waals surface area contributed by atoms with Crippen molar-refractivity contribution in [1.82, 2.24) is 9.78 Å². The van der Waals surface area contributed by atoms with E-state index in [2.05, 4.69) is 21.0 Å². The molecule has 14 heavy (non-hydrogen) atoms. The molecule has 0 radical (unpaired) electrons. The molecule has 0 atom stereocenters. The van der Waals surface area contributed by atoms with Crippen LogP contribution in [0.15, 0.2) is 4.47 Å². The average molecular weight is 257 g/mol.